The molecule has 0 atom stereocenters. The van der Waals surface area contributed by atoms with Crippen molar-refractivity contribution in [2.75, 3.05) is 6.54 Å². The number of hydrogen-bond donors (Lipinski definition) is 1. The molecule has 1 aliphatic carbocycles. The molecule has 0 spiro atoms. The first kappa shape index (κ1) is 19.5. The van der Waals surface area contributed by atoms with Gasteiger partial charge in [0.05, 0.1) is 29.7 Å². The van der Waals surface area contributed by atoms with Crippen LogP contribution in [0.5, 0.6) is 0 Å². The molecule has 0 saturated heterocycles. The number of carbonyl (C=O) groups is 1. The number of aromatic nitrogens is 5. The molecule has 1 aromatic carbocycles. The first-order valence-electron chi connectivity index (χ1n) is 10.8. The topological polar surface area (TPSA) is 77.6 Å². The molecule has 1 saturated carbocycles. The predicted molar refractivity (Wildman–Crippen MR) is 119 cm³/mol. The van der Waals surface area contributed by atoms with Crippen LogP contribution in [-0.2, 0) is 13.1 Å². The first-order valence-corrected chi connectivity index (χ1v) is 10.8. The molecule has 1 aliphatic rings. The zero-order valence-electron chi connectivity index (χ0n) is 17.9. The van der Waals surface area contributed by atoms with Crippen molar-refractivity contribution in [3.8, 4) is 0 Å². The summed E-state index contributed by atoms with van der Waals surface area (Å²) in [5.41, 5.74) is 5.52. The van der Waals surface area contributed by atoms with Crippen LogP contribution in [-0.4, -0.2) is 37.0 Å². The smallest absolute Gasteiger partial charge is 0.252 e. The maximum Gasteiger partial charge on any atom is 0.252 e. The quantitative estimate of drug-likeness (QED) is 0.501. The van der Waals surface area contributed by atoms with E-state index in [1.165, 1.54) is 0 Å². The molecule has 3 heterocycles. The van der Waals surface area contributed by atoms with E-state index in [1.54, 1.807) is 6.20 Å². The summed E-state index contributed by atoms with van der Waals surface area (Å²) >= 11 is 0. The van der Waals surface area contributed by atoms with Crippen LogP contribution < -0.4 is 5.32 Å². The molecular formula is C24H26N6O. The van der Waals surface area contributed by atoms with Crippen LogP contribution in [0.2, 0.25) is 0 Å². The highest BCUT2D eigenvalue weighted by Crippen LogP contribution is 2.40. The zero-order valence-corrected chi connectivity index (χ0v) is 17.9. The third kappa shape index (κ3) is 3.95. The summed E-state index contributed by atoms with van der Waals surface area (Å²) in [5.74, 6) is 0.365. The summed E-state index contributed by atoms with van der Waals surface area (Å²) in [6.07, 6.45) is 4.03. The van der Waals surface area contributed by atoms with Crippen molar-refractivity contribution in [3.05, 3.63) is 76.9 Å². The number of aryl methyl sites for hydroxylation is 2. The Hall–Kier alpha value is -3.48. The number of fused-ring (bicyclic) bond motifs is 1. The maximum absolute atomic E-state index is 13.2. The molecule has 1 amide bonds. The highest BCUT2D eigenvalue weighted by atomic mass is 16.1. The van der Waals surface area contributed by atoms with E-state index in [2.05, 4.69) is 22.5 Å². The third-order valence-corrected chi connectivity index (χ3v) is 5.85. The molecule has 7 heteroatoms. The van der Waals surface area contributed by atoms with Gasteiger partial charge in [-0.15, -0.1) is 0 Å². The van der Waals surface area contributed by atoms with E-state index >= 15 is 0 Å². The summed E-state index contributed by atoms with van der Waals surface area (Å²) < 4.78 is 3.82. The minimum absolute atomic E-state index is 0.0820. The summed E-state index contributed by atoms with van der Waals surface area (Å²) in [7, 11) is 0. The predicted octanol–water partition coefficient (Wildman–Crippen LogP) is 3.60. The largest absolute Gasteiger partial charge is 0.350 e. The van der Waals surface area contributed by atoms with Crippen molar-refractivity contribution in [2.24, 2.45) is 0 Å². The Balaban J connectivity index is 1.46. The monoisotopic (exact) mass is 414 g/mol. The van der Waals surface area contributed by atoms with Crippen LogP contribution in [0.15, 0.2) is 48.7 Å². The second-order valence-corrected chi connectivity index (χ2v) is 8.25. The average molecular weight is 415 g/mol. The highest BCUT2D eigenvalue weighted by molar-refractivity contribution is 6.06. The van der Waals surface area contributed by atoms with E-state index in [1.807, 2.05) is 53.5 Å². The molecular weight excluding hydrogens is 388 g/mol. The lowest BCUT2D eigenvalue weighted by atomic mass is 10.1. The van der Waals surface area contributed by atoms with Gasteiger partial charge < -0.3 is 5.32 Å². The van der Waals surface area contributed by atoms with Crippen LogP contribution in [0.4, 0.5) is 0 Å². The van der Waals surface area contributed by atoms with Crippen LogP contribution >= 0.6 is 0 Å². The van der Waals surface area contributed by atoms with Crippen molar-refractivity contribution in [1.29, 1.82) is 0 Å². The molecule has 158 valence electrons. The molecule has 0 radical (unpaired) electrons. The molecule has 1 fully saturated rings. The summed E-state index contributed by atoms with van der Waals surface area (Å²) in [6.45, 7) is 5.74. The van der Waals surface area contributed by atoms with Crippen molar-refractivity contribution >= 4 is 16.9 Å². The second kappa shape index (κ2) is 7.98. The molecule has 5 rings (SSSR count). The van der Waals surface area contributed by atoms with Crippen molar-refractivity contribution in [1.82, 2.24) is 29.9 Å². The van der Waals surface area contributed by atoms with Crippen LogP contribution in [0.1, 0.15) is 51.8 Å². The molecule has 0 bridgehead atoms. The molecule has 1 N–H and O–H groups in total. The Bertz CT molecular complexity index is 1240. The maximum atomic E-state index is 13.2. The second-order valence-electron chi connectivity index (χ2n) is 8.25. The summed E-state index contributed by atoms with van der Waals surface area (Å²) in [5, 5.41) is 12.9. The zero-order chi connectivity index (χ0) is 21.4. The van der Waals surface area contributed by atoms with E-state index in [9.17, 15) is 4.79 Å². The lowest BCUT2D eigenvalue weighted by Gasteiger charge is -2.10. The fraction of sp³-hybridized carbons (Fsp3) is 0.333. The van der Waals surface area contributed by atoms with Gasteiger partial charge in [-0.2, -0.15) is 10.2 Å². The van der Waals surface area contributed by atoms with E-state index in [0.717, 1.165) is 46.5 Å². The number of carbonyl (C=O) groups excluding carboxylic acids is 1. The number of nitrogens with zero attached hydrogens (tertiary/aromatic N) is 5. The van der Waals surface area contributed by atoms with Gasteiger partial charge in [-0.25, -0.2) is 9.67 Å². The van der Waals surface area contributed by atoms with Crippen LogP contribution in [0, 0.1) is 13.8 Å². The van der Waals surface area contributed by atoms with Crippen molar-refractivity contribution in [2.45, 2.75) is 45.7 Å². The number of rotatable bonds is 7. The first-order chi connectivity index (χ1) is 15.1. The summed E-state index contributed by atoms with van der Waals surface area (Å²) in [4.78, 5) is 18.1. The molecule has 0 unspecified atom stereocenters. The van der Waals surface area contributed by atoms with Crippen molar-refractivity contribution < 1.29 is 4.79 Å². The van der Waals surface area contributed by atoms with Crippen LogP contribution in [0.25, 0.3) is 11.0 Å². The fourth-order valence-electron chi connectivity index (χ4n) is 4.01. The van der Waals surface area contributed by atoms with E-state index in [-0.39, 0.29) is 5.91 Å². The van der Waals surface area contributed by atoms with Crippen LogP contribution in [0.3, 0.4) is 0 Å². The van der Waals surface area contributed by atoms with Gasteiger partial charge in [-0.3, -0.25) is 9.48 Å². The molecule has 4 aromatic rings. The highest BCUT2D eigenvalue weighted by Gasteiger charge is 2.28. The van der Waals surface area contributed by atoms with Gasteiger partial charge in [0.2, 0.25) is 0 Å². The fourth-order valence-corrected chi connectivity index (χ4v) is 4.01. The third-order valence-electron chi connectivity index (χ3n) is 5.85. The molecule has 31 heavy (non-hydrogen) atoms. The normalized spacial score (nSPS) is 13.6. The van der Waals surface area contributed by atoms with E-state index in [0.29, 0.717) is 31.1 Å². The molecule has 3 aromatic heterocycles. The Morgan fingerprint density at radius 2 is 1.94 bits per heavy atom. The lowest BCUT2D eigenvalue weighted by Crippen LogP contribution is -2.28. The minimum atomic E-state index is -0.0820. The van der Waals surface area contributed by atoms with Gasteiger partial charge >= 0.3 is 0 Å². The Morgan fingerprint density at radius 3 is 2.65 bits per heavy atom. The Labute approximate surface area is 181 Å². The van der Waals surface area contributed by atoms with Gasteiger partial charge in [-0.05, 0) is 44.4 Å². The number of benzene rings is 1. The number of pyridine rings is 1. The average Bonchev–Trinajstić information content (AvgIpc) is 3.48. The molecule has 0 aliphatic heterocycles. The standard InChI is InChI=1S/C24H26N6O/c1-16-10-11-26-29(16)13-12-25-24(31)20-14-21(19-8-9-19)27-23-22(20)17(2)28-30(23)15-18-6-4-3-5-7-18/h3-7,10-11,14,19H,8-9,12-13,15H2,1-2H3,(H,25,31). The minimum Gasteiger partial charge on any atom is -0.350 e. The number of nitrogens with one attached hydrogen (secondary N) is 1. The Kier molecular flexibility index (Phi) is 5.02. The van der Waals surface area contributed by atoms with Crippen molar-refractivity contribution in [3.63, 3.8) is 0 Å². The van der Waals surface area contributed by atoms with Gasteiger partial charge in [0.1, 0.15) is 0 Å². The van der Waals surface area contributed by atoms with Gasteiger partial charge in [0.15, 0.2) is 5.65 Å². The van der Waals surface area contributed by atoms with E-state index < -0.39 is 0 Å². The van der Waals surface area contributed by atoms with Gasteiger partial charge in [0.25, 0.3) is 5.91 Å². The van der Waals surface area contributed by atoms with E-state index in [4.69, 9.17) is 10.1 Å². The number of hydrogen-bond acceptors (Lipinski definition) is 4. The summed E-state index contributed by atoms with van der Waals surface area (Å²) in [6, 6.07) is 14.1. The molecule has 7 nitrogen and oxygen atoms in total. The lowest BCUT2D eigenvalue weighted by molar-refractivity contribution is 0.0953. The van der Waals surface area contributed by atoms with Gasteiger partial charge in [0, 0.05) is 30.0 Å². The van der Waals surface area contributed by atoms with Gasteiger partial charge in [-0.1, -0.05) is 30.3 Å². The number of amides is 1. The SMILES string of the molecule is Cc1nn(Cc2ccccc2)c2nc(C3CC3)cc(C(=O)NCCn3nccc3C)c12. The Morgan fingerprint density at radius 1 is 1.13 bits per heavy atom.